The molecule has 0 unspecified atom stereocenters. The summed E-state index contributed by atoms with van der Waals surface area (Å²) in [6.45, 7) is 2.08. The maximum absolute atomic E-state index is 12.9. The van der Waals surface area contributed by atoms with Gasteiger partial charge in [-0.25, -0.2) is 4.79 Å². The van der Waals surface area contributed by atoms with Crippen molar-refractivity contribution in [1.82, 2.24) is 20.1 Å². The van der Waals surface area contributed by atoms with Crippen LogP contribution in [0.4, 0.5) is 10.5 Å². The van der Waals surface area contributed by atoms with Crippen molar-refractivity contribution in [3.63, 3.8) is 0 Å². The number of carbonyl (C=O) groups excluding carboxylic acids is 3. The lowest BCUT2D eigenvalue weighted by Crippen LogP contribution is -2.52. The Kier molecular flexibility index (Phi) is 5.83. The van der Waals surface area contributed by atoms with Crippen LogP contribution in [0.5, 0.6) is 5.75 Å². The second kappa shape index (κ2) is 9.09. The van der Waals surface area contributed by atoms with Gasteiger partial charge in [0, 0.05) is 49.7 Å². The standard InChI is InChI=1S/C25H27N5O4/c1-34-22-9-5-4-8-21(22)28-10-12-29(13-11-28)23(31)16-30-24(32)20(27-25(30)33)14-17-15-26-19-7-3-2-6-18(17)19/h2-9,15,20,26H,10-14,16H2,1H3,(H,27,33)/t20-/m1/s1. The van der Waals surface area contributed by atoms with Crippen LogP contribution in [-0.4, -0.2) is 78.5 Å². The van der Waals surface area contributed by atoms with E-state index in [9.17, 15) is 14.4 Å². The number of ether oxygens (including phenoxy) is 1. The summed E-state index contributed by atoms with van der Waals surface area (Å²) in [4.78, 5) is 46.5. The Morgan fingerprint density at radius 1 is 1.03 bits per heavy atom. The van der Waals surface area contributed by atoms with E-state index in [0.717, 1.165) is 32.8 Å². The van der Waals surface area contributed by atoms with Gasteiger partial charge >= 0.3 is 6.03 Å². The molecule has 3 heterocycles. The molecule has 0 bridgehead atoms. The third-order valence-electron chi connectivity index (χ3n) is 6.56. The molecule has 2 saturated heterocycles. The number of para-hydroxylation sites is 3. The molecule has 9 nitrogen and oxygen atoms in total. The Labute approximate surface area is 197 Å². The number of piperazine rings is 1. The number of hydrogen-bond donors (Lipinski definition) is 2. The topological polar surface area (TPSA) is 98.0 Å². The first-order chi connectivity index (χ1) is 16.5. The molecule has 3 aromatic rings. The summed E-state index contributed by atoms with van der Waals surface area (Å²) in [6, 6.07) is 14.4. The average molecular weight is 462 g/mol. The van der Waals surface area contributed by atoms with Crippen LogP contribution in [-0.2, 0) is 16.0 Å². The number of nitrogens with zero attached hydrogens (tertiary/aromatic N) is 3. The summed E-state index contributed by atoms with van der Waals surface area (Å²) < 4.78 is 5.44. The van der Waals surface area contributed by atoms with Crippen LogP contribution in [0.3, 0.4) is 0 Å². The van der Waals surface area contributed by atoms with Crippen LogP contribution in [0.15, 0.2) is 54.7 Å². The highest BCUT2D eigenvalue weighted by Gasteiger charge is 2.40. The average Bonchev–Trinajstić information content (AvgIpc) is 3.40. The monoisotopic (exact) mass is 461 g/mol. The summed E-state index contributed by atoms with van der Waals surface area (Å²) in [5, 5.41) is 3.76. The first-order valence-electron chi connectivity index (χ1n) is 11.4. The predicted octanol–water partition coefficient (Wildman–Crippen LogP) is 1.99. The molecule has 34 heavy (non-hydrogen) atoms. The summed E-state index contributed by atoms with van der Waals surface area (Å²) in [6.07, 6.45) is 2.23. The van der Waals surface area contributed by atoms with E-state index in [2.05, 4.69) is 15.2 Å². The molecule has 2 fully saturated rings. The van der Waals surface area contributed by atoms with Crippen LogP contribution in [0, 0.1) is 0 Å². The molecular formula is C25H27N5O4. The largest absolute Gasteiger partial charge is 0.495 e. The normalized spacial score (nSPS) is 18.5. The molecule has 0 aliphatic carbocycles. The number of rotatable bonds is 6. The van der Waals surface area contributed by atoms with E-state index in [-0.39, 0.29) is 18.4 Å². The minimum absolute atomic E-state index is 0.226. The minimum atomic E-state index is -0.679. The fourth-order valence-corrected chi connectivity index (χ4v) is 4.71. The summed E-state index contributed by atoms with van der Waals surface area (Å²) in [7, 11) is 1.64. The first kappa shape index (κ1) is 21.8. The number of H-pyrrole nitrogens is 1. The van der Waals surface area contributed by atoms with E-state index in [1.165, 1.54) is 0 Å². The Morgan fingerprint density at radius 3 is 2.56 bits per heavy atom. The van der Waals surface area contributed by atoms with Gasteiger partial charge in [-0.15, -0.1) is 0 Å². The number of imide groups is 1. The maximum atomic E-state index is 12.9. The van der Waals surface area contributed by atoms with E-state index in [1.54, 1.807) is 12.0 Å². The van der Waals surface area contributed by atoms with Crippen molar-refractivity contribution >= 4 is 34.4 Å². The molecule has 0 radical (unpaired) electrons. The number of fused-ring (bicyclic) bond motifs is 1. The Morgan fingerprint density at radius 2 is 1.76 bits per heavy atom. The smallest absolute Gasteiger partial charge is 0.325 e. The van der Waals surface area contributed by atoms with Crippen LogP contribution in [0.25, 0.3) is 10.9 Å². The van der Waals surface area contributed by atoms with Gasteiger partial charge in [-0.05, 0) is 23.8 Å². The van der Waals surface area contributed by atoms with Gasteiger partial charge in [-0.1, -0.05) is 30.3 Å². The van der Waals surface area contributed by atoms with Crippen molar-refractivity contribution in [2.45, 2.75) is 12.5 Å². The van der Waals surface area contributed by atoms with Crippen LogP contribution >= 0.6 is 0 Å². The SMILES string of the molecule is COc1ccccc1N1CCN(C(=O)CN2C(=O)N[C@H](Cc3c[nH]c4ccccc34)C2=O)CC1. The molecule has 2 N–H and O–H groups in total. The van der Waals surface area contributed by atoms with Gasteiger partial charge < -0.3 is 24.8 Å². The van der Waals surface area contributed by atoms with E-state index in [0.29, 0.717) is 32.6 Å². The van der Waals surface area contributed by atoms with E-state index >= 15 is 0 Å². The number of methoxy groups -OCH3 is 1. The van der Waals surface area contributed by atoms with Crippen molar-refractivity contribution in [2.24, 2.45) is 0 Å². The quantitative estimate of drug-likeness (QED) is 0.547. The van der Waals surface area contributed by atoms with Crippen molar-refractivity contribution in [1.29, 1.82) is 0 Å². The van der Waals surface area contributed by atoms with Crippen molar-refractivity contribution in [3.8, 4) is 5.75 Å². The molecule has 176 valence electrons. The molecule has 2 aliphatic heterocycles. The number of urea groups is 1. The number of anilines is 1. The van der Waals surface area contributed by atoms with Crippen molar-refractivity contribution in [2.75, 3.05) is 44.7 Å². The summed E-state index contributed by atoms with van der Waals surface area (Å²) in [5.74, 6) is 0.204. The molecule has 0 saturated carbocycles. The third-order valence-corrected chi connectivity index (χ3v) is 6.56. The third kappa shape index (κ3) is 4.05. The van der Waals surface area contributed by atoms with Gasteiger partial charge in [0.25, 0.3) is 5.91 Å². The van der Waals surface area contributed by atoms with Gasteiger partial charge in [0.05, 0.1) is 12.8 Å². The fraction of sp³-hybridized carbons (Fsp3) is 0.320. The lowest BCUT2D eigenvalue weighted by atomic mass is 10.1. The van der Waals surface area contributed by atoms with Gasteiger partial charge in [0.1, 0.15) is 18.3 Å². The van der Waals surface area contributed by atoms with Gasteiger partial charge in [0.2, 0.25) is 5.91 Å². The number of nitrogens with one attached hydrogen (secondary N) is 2. The van der Waals surface area contributed by atoms with Gasteiger partial charge in [-0.2, -0.15) is 0 Å². The van der Waals surface area contributed by atoms with Crippen LogP contribution in [0.2, 0.25) is 0 Å². The van der Waals surface area contributed by atoms with Crippen molar-refractivity contribution < 1.29 is 19.1 Å². The van der Waals surface area contributed by atoms with E-state index < -0.39 is 12.1 Å². The number of aromatic amines is 1. The molecule has 2 aromatic carbocycles. The number of aromatic nitrogens is 1. The van der Waals surface area contributed by atoms with Crippen molar-refractivity contribution in [3.05, 3.63) is 60.3 Å². The lowest BCUT2D eigenvalue weighted by Gasteiger charge is -2.37. The molecule has 1 aromatic heterocycles. The van der Waals surface area contributed by atoms with Gasteiger partial charge in [0.15, 0.2) is 0 Å². The second-order valence-electron chi connectivity index (χ2n) is 8.53. The number of benzene rings is 2. The molecule has 4 amide bonds. The van der Waals surface area contributed by atoms with Crippen LogP contribution < -0.4 is 15.0 Å². The highest BCUT2D eigenvalue weighted by molar-refractivity contribution is 6.06. The zero-order valence-corrected chi connectivity index (χ0v) is 19.0. The minimum Gasteiger partial charge on any atom is -0.495 e. The molecule has 1 atom stereocenters. The highest BCUT2D eigenvalue weighted by atomic mass is 16.5. The number of carbonyl (C=O) groups is 3. The molecule has 9 heteroatoms. The van der Waals surface area contributed by atoms with Gasteiger partial charge in [-0.3, -0.25) is 14.5 Å². The number of amides is 4. The molecule has 5 rings (SSSR count). The Hall–Kier alpha value is -4.01. The zero-order valence-electron chi connectivity index (χ0n) is 19.0. The predicted molar refractivity (Wildman–Crippen MR) is 128 cm³/mol. The maximum Gasteiger partial charge on any atom is 0.325 e. The van der Waals surface area contributed by atoms with E-state index in [4.69, 9.17) is 4.74 Å². The second-order valence-corrected chi connectivity index (χ2v) is 8.53. The Bertz CT molecular complexity index is 1230. The lowest BCUT2D eigenvalue weighted by molar-refractivity contribution is -0.137. The highest BCUT2D eigenvalue weighted by Crippen LogP contribution is 2.28. The molecule has 2 aliphatic rings. The van der Waals surface area contributed by atoms with Crippen LogP contribution in [0.1, 0.15) is 5.56 Å². The molecule has 0 spiro atoms. The number of hydrogen-bond acceptors (Lipinski definition) is 5. The van der Waals surface area contributed by atoms with E-state index in [1.807, 2.05) is 54.7 Å². The Balaban J connectivity index is 1.19. The zero-order chi connectivity index (χ0) is 23.7. The fourth-order valence-electron chi connectivity index (χ4n) is 4.71. The molecular weight excluding hydrogens is 434 g/mol. The first-order valence-corrected chi connectivity index (χ1v) is 11.4. The summed E-state index contributed by atoms with van der Waals surface area (Å²) >= 11 is 0. The summed E-state index contributed by atoms with van der Waals surface area (Å²) in [5.41, 5.74) is 2.93.